The molecule has 0 bridgehead atoms. The maximum Gasteiger partial charge on any atom is 0.337 e. The molecule has 0 radical (unpaired) electrons. The molecule has 0 spiro atoms. The van der Waals surface area contributed by atoms with Crippen molar-refractivity contribution in [3.05, 3.63) is 52.5 Å². The molecule has 0 aliphatic rings. The van der Waals surface area contributed by atoms with E-state index in [1.54, 1.807) is 24.3 Å². The molecular formula is C14H12ClNO3. The molecule has 3 N–H and O–H groups in total. The Labute approximate surface area is 115 Å². The number of hydrogen-bond donors (Lipinski definition) is 2. The Hall–Kier alpha value is -2.20. The number of carboxylic acid groups (broad SMARTS) is 1. The van der Waals surface area contributed by atoms with E-state index in [1.165, 1.54) is 6.07 Å². The van der Waals surface area contributed by atoms with Crippen molar-refractivity contribution in [1.82, 2.24) is 0 Å². The van der Waals surface area contributed by atoms with E-state index in [2.05, 4.69) is 0 Å². The maximum atomic E-state index is 11.0. The highest BCUT2D eigenvalue weighted by Crippen LogP contribution is 2.34. The van der Waals surface area contributed by atoms with Gasteiger partial charge in [-0.2, -0.15) is 0 Å². The number of nitrogen functional groups attached to an aromatic ring is 1. The molecule has 5 heteroatoms. The summed E-state index contributed by atoms with van der Waals surface area (Å²) in [6, 6.07) is 9.90. The lowest BCUT2D eigenvalue weighted by molar-refractivity contribution is 0.0697. The fraction of sp³-hybridized carbons (Fsp3) is 0.0714. The number of aromatic carboxylic acids is 1. The second kappa shape index (κ2) is 5.20. The molecule has 0 aliphatic heterocycles. The van der Waals surface area contributed by atoms with E-state index >= 15 is 0 Å². The van der Waals surface area contributed by atoms with Gasteiger partial charge < -0.3 is 15.6 Å². The zero-order valence-electron chi connectivity index (χ0n) is 10.2. The predicted molar refractivity (Wildman–Crippen MR) is 74.1 cm³/mol. The van der Waals surface area contributed by atoms with E-state index in [0.29, 0.717) is 10.8 Å². The maximum absolute atomic E-state index is 11.0. The van der Waals surface area contributed by atoms with Crippen LogP contribution in [0, 0.1) is 6.92 Å². The minimum absolute atomic E-state index is 0.000680. The van der Waals surface area contributed by atoms with Gasteiger partial charge in [0.2, 0.25) is 0 Å². The average molecular weight is 278 g/mol. The van der Waals surface area contributed by atoms with Crippen LogP contribution in [0.3, 0.4) is 0 Å². The lowest BCUT2D eigenvalue weighted by Gasteiger charge is -2.11. The summed E-state index contributed by atoms with van der Waals surface area (Å²) in [5, 5.41) is 9.43. The number of hydrogen-bond acceptors (Lipinski definition) is 3. The van der Waals surface area contributed by atoms with Crippen LogP contribution in [-0.4, -0.2) is 11.1 Å². The van der Waals surface area contributed by atoms with E-state index in [0.717, 1.165) is 5.56 Å². The van der Waals surface area contributed by atoms with Crippen molar-refractivity contribution < 1.29 is 14.6 Å². The standard InChI is InChI=1S/C14H12ClNO3/c1-8-5-6-11(10(15)7-8)19-12-4-2-3-9(13(12)16)14(17)18/h2-7H,16H2,1H3,(H,17,18). The Morgan fingerprint density at radius 2 is 2.00 bits per heavy atom. The molecular weight excluding hydrogens is 266 g/mol. The highest BCUT2D eigenvalue weighted by molar-refractivity contribution is 6.32. The number of carboxylic acids is 1. The van der Waals surface area contributed by atoms with Crippen LogP contribution in [-0.2, 0) is 0 Å². The quantitative estimate of drug-likeness (QED) is 0.839. The van der Waals surface area contributed by atoms with E-state index in [4.69, 9.17) is 27.2 Å². The monoisotopic (exact) mass is 277 g/mol. The molecule has 0 aliphatic carbocycles. The number of carbonyl (C=O) groups is 1. The zero-order chi connectivity index (χ0) is 14.0. The molecule has 0 heterocycles. The van der Waals surface area contributed by atoms with Gasteiger partial charge in [-0.3, -0.25) is 0 Å². The van der Waals surface area contributed by atoms with E-state index < -0.39 is 5.97 Å². The molecule has 19 heavy (non-hydrogen) atoms. The number of ether oxygens (including phenoxy) is 1. The first kappa shape index (κ1) is 13.2. The van der Waals surface area contributed by atoms with Crippen LogP contribution in [0.5, 0.6) is 11.5 Å². The number of rotatable bonds is 3. The van der Waals surface area contributed by atoms with Gasteiger partial charge in [0, 0.05) is 0 Å². The van der Waals surface area contributed by atoms with Crippen molar-refractivity contribution in [3.63, 3.8) is 0 Å². The first-order valence-electron chi connectivity index (χ1n) is 5.55. The molecule has 0 atom stereocenters. The summed E-state index contributed by atoms with van der Waals surface area (Å²) in [6.45, 7) is 1.91. The molecule has 2 rings (SSSR count). The van der Waals surface area contributed by atoms with Crippen LogP contribution < -0.4 is 10.5 Å². The minimum Gasteiger partial charge on any atom is -0.478 e. The zero-order valence-corrected chi connectivity index (χ0v) is 10.9. The van der Waals surface area contributed by atoms with Crippen molar-refractivity contribution in [1.29, 1.82) is 0 Å². The van der Waals surface area contributed by atoms with Crippen LogP contribution in [0.1, 0.15) is 15.9 Å². The average Bonchev–Trinajstić information content (AvgIpc) is 2.34. The second-order valence-electron chi connectivity index (χ2n) is 4.06. The number of para-hydroxylation sites is 1. The third-order valence-electron chi connectivity index (χ3n) is 2.60. The smallest absolute Gasteiger partial charge is 0.337 e. The normalized spacial score (nSPS) is 10.2. The van der Waals surface area contributed by atoms with Crippen molar-refractivity contribution in [2.24, 2.45) is 0 Å². The summed E-state index contributed by atoms with van der Waals surface area (Å²) < 4.78 is 5.57. The molecule has 0 fully saturated rings. The fourth-order valence-electron chi connectivity index (χ4n) is 1.63. The number of anilines is 1. The largest absolute Gasteiger partial charge is 0.478 e. The van der Waals surface area contributed by atoms with Gasteiger partial charge >= 0.3 is 5.97 Å². The van der Waals surface area contributed by atoms with Gasteiger partial charge in [0.1, 0.15) is 5.75 Å². The van der Waals surface area contributed by atoms with Crippen molar-refractivity contribution in [2.75, 3.05) is 5.73 Å². The summed E-state index contributed by atoms with van der Waals surface area (Å²) in [4.78, 5) is 11.0. The molecule has 0 amide bonds. The third kappa shape index (κ3) is 2.80. The molecule has 0 saturated carbocycles. The first-order chi connectivity index (χ1) is 8.99. The van der Waals surface area contributed by atoms with Crippen molar-refractivity contribution in [2.45, 2.75) is 6.92 Å². The fourth-order valence-corrected chi connectivity index (χ4v) is 1.90. The molecule has 0 aromatic heterocycles. The Kier molecular flexibility index (Phi) is 3.62. The van der Waals surface area contributed by atoms with Crippen LogP contribution in [0.4, 0.5) is 5.69 Å². The topological polar surface area (TPSA) is 72.5 Å². The Bertz CT molecular complexity index is 641. The Balaban J connectivity index is 2.38. The summed E-state index contributed by atoms with van der Waals surface area (Å²) in [6.07, 6.45) is 0. The molecule has 98 valence electrons. The highest BCUT2D eigenvalue weighted by atomic mass is 35.5. The van der Waals surface area contributed by atoms with Gasteiger partial charge in [-0.25, -0.2) is 4.79 Å². The minimum atomic E-state index is -1.10. The lowest BCUT2D eigenvalue weighted by atomic mass is 10.1. The van der Waals surface area contributed by atoms with Crippen molar-refractivity contribution in [3.8, 4) is 11.5 Å². The van der Waals surface area contributed by atoms with E-state index in [9.17, 15) is 4.79 Å². The summed E-state index contributed by atoms with van der Waals surface area (Å²) >= 11 is 6.05. The van der Waals surface area contributed by atoms with Gasteiger partial charge in [0.05, 0.1) is 16.3 Å². The van der Waals surface area contributed by atoms with Gasteiger partial charge in [-0.05, 0) is 36.8 Å². The predicted octanol–water partition coefficient (Wildman–Crippen LogP) is 3.72. The van der Waals surface area contributed by atoms with Crippen LogP contribution in [0.25, 0.3) is 0 Å². The molecule has 4 nitrogen and oxygen atoms in total. The third-order valence-corrected chi connectivity index (χ3v) is 2.90. The Morgan fingerprint density at radius 3 is 2.63 bits per heavy atom. The molecule has 2 aromatic rings. The first-order valence-corrected chi connectivity index (χ1v) is 5.92. The van der Waals surface area contributed by atoms with E-state index in [1.807, 2.05) is 13.0 Å². The Morgan fingerprint density at radius 1 is 1.26 bits per heavy atom. The molecule has 2 aromatic carbocycles. The summed E-state index contributed by atoms with van der Waals surface area (Å²) in [7, 11) is 0. The number of benzene rings is 2. The SMILES string of the molecule is Cc1ccc(Oc2cccc(C(=O)O)c2N)c(Cl)c1. The molecule has 0 unspecified atom stereocenters. The summed E-state index contributed by atoms with van der Waals surface area (Å²) in [5.74, 6) is -0.398. The number of aryl methyl sites for hydroxylation is 1. The second-order valence-corrected chi connectivity index (χ2v) is 4.47. The van der Waals surface area contributed by atoms with Gasteiger partial charge in [0.15, 0.2) is 5.75 Å². The number of nitrogens with two attached hydrogens (primary N) is 1. The molecule has 0 saturated heterocycles. The van der Waals surface area contributed by atoms with Gasteiger partial charge in [0.25, 0.3) is 0 Å². The summed E-state index contributed by atoms with van der Waals surface area (Å²) in [5.41, 5.74) is 6.84. The van der Waals surface area contributed by atoms with Crippen LogP contribution in [0.2, 0.25) is 5.02 Å². The highest BCUT2D eigenvalue weighted by Gasteiger charge is 2.13. The van der Waals surface area contributed by atoms with Crippen LogP contribution in [0.15, 0.2) is 36.4 Å². The lowest BCUT2D eigenvalue weighted by Crippen LogP contribution is -2.03. The van der Waals surface area contributed by atoms with Gasteiger partial charge in [-0.1, -0.05) is 23.7 Å². The van der Waals surface area contributed by atoms with Crippen LogP contribution >= 0.6 is 11.6 Å². The van der Waals surface area contributed by atoms with E-state index in [-0.39, 0.29) is 17.0 Å². The number of halogens is 1. The van der Waals surface area contributed by atoms with Gasteiger partial charge in [-0.15, -0.1) is 0 Å². The van der Waals surface area contributed by atoms with Crippen molar-refractivity contribution >= 4 is 23.3 Å².